The van der Waals surface area contributed by atoms with Crippen LogP contribution in [0.4, 0.5) is 0 Å². The van der Waals surface area contributed by atoms with E-state index in [-0.39, 0.29) is 5.91 Å². The maximum Gasteiger partial charge on any atom is 0.220 e. The highest BCUT2D eigenvalue weighted by atomic mass is 16.1. The lowest BCUT2D eigenvalue weighted by molar-refractivity contribution is -0.121. The van der Waals surface area contributed by atoms with Gasteiger partial charge in [0.25, 0.3) is 0 Å². The molecular weight excluding hydrogens is 298 g/mol. The molecule has 138 valence electrons. The molecule has 24 heavy (non-hydrogen) atoms. The van der Waals surface area contributed by atoms with Crippen LogP contribution in [0.15, 0.2) is 17.6 Å². The maximum atomic E-state index is 11.7. The van der Waals surface area contributed by atoms with Crippen LogP contribution in [0.5, 0.6) is 0 Å². The van der Waals surface area contributed by atoms with E-state index < -0.39 is 0 Å². The number of unbranched alkanes of at least 4 members (excludes halogenated alkanes) is 7. The van der Waals surface area contributed by atoms with Crippen molar-refractivity contribution < 1.29 is 4.79 Å². The number of amidine groups is 1. The van der Waals surface area contributed by atoms with Gasteiger partial charge in [0.15, 0.2) is 0 Å². The van der Waals surface area contributed by atoms with Gasteiger partial charge in [-0.05, 0) is 25.7 Å². The summed E-state index contributed by atoms with van der Waals surface area (Å²) in [6, 6.07) is 0. The molecule has 1 aliphatic rings. The minimum absolute atomic E-state index is 0.195. The summed E-state index contributed by atoms with van der Waals surface area (Å²) < 4.78 is 0. The molecule has 0 saturated heterocycles. The average Bonchev–Trinajstić information content (AvgIpc) is 3.02. The number of amides is 1. The first-order valence-electron chi connectivity index (χ1n) is 9.93. The van der Waals surface area contributed by atoms with Crippen LogP contribution in [0.25, 0.3) is 0 Å². The zero-order valence-electron chi connectivity index (χ0n) is 15.7. The Balaban J connectivity index is 2.06. The lowest BCUT2D eigenvalue weighted by Crippen LogP contribution is -2.36. The van der Waals surface area contributed by atoms with Crippen molar-refractivity contribution in [3.63, 3.8) is 0 Å². The zero-order chi connectivity index (χ0) is 17.5. The molecule has 4 nitrogen and oxygen atoms in total. The van der Waals surface area contributed by atoms with Crippen LogP contribution in [0.1, 0.15) is 77.6 Å². The van der Waals surface area contributed by atoms with E-state index in [0.29, 0.717) is 6.42 Å². The van der Waals surface area contributed by atoms with Crippen molar-refractivity contribution in [2.45, 2.75) is 77.6 Å². The molecule has 0 atom stereocenters. The number of nitrogens with zero attached hydrogens (tertiary/aromatic N) is 2. The second-order valence-corrected chi connectivity index (χ2v) is 6.69. The molecule has 0 aromatic rings. The van der Waals surface area contributed by atoms with Gasteiger partial charge in [0.05, 0.1) is 12.4 Å². The molecule has 0 spiro atoms. The first-order chi connectivity index (χ1) is 11.8. The van der Waals surface area contributed by atoms with Gasteiger partial charge >= 0.3 is 0 Å². The topological polar surface area (TPSA) is 44.7 Å². The van der Waals surface area contributed by atoms with Crippen molar-refractivity contribution in [2.75, 3.05) is 26.2 Å². The second-order valence-electron chi connectivity index (χ2n) is 6.69. The van der Waals surface area contributed by atoms with Gasteiger partial charge in [0.2, 0.25) is 5.91 Å². The molecule has 1 N–H and O–H groups in total. The average molecular weight is 336 g/mol. The molecule has 0 aromatic heterocycles. The lowest BCUT2D eigenvalue weighted by Gasteiger charge is -2.20. The summed E-state index contributed by atoms with van der Waals surface area (Å²) >= 11 is 0. The van der Waals surface area contributed by atoms with Gasteiger partial charge in [-0.2, -0.15) is 0 Å². The van der Waals surface area contributed by atoms with Crippen LogP contribution in [0.3, 0.4) is 0 Å². The molecule has 0 saturated carbocycles. The van der Waals surface area contributed by atoms with Crippen LogP contribution < -0.4 is 5.32 Å². The molecule has 0 aromatic carbocycles. The molecule has 0 aliphatic carbocycles. The van der Waals surface area contributed by atoms with Crippen LogP contribution in [-0.4, -0.2) is 42.8 Å². The fourth-order valence-electron chi connectivity index (χ4n) is 3.06. The highest BCUT2D eigenvalue weighted by Crippen LogP contribution is 2.12. The van der Waals surface area contributed by atoms with Crippen molar-refractivity contribution in [2.24, 2.45) is 4.99 Å². The SMILES string of the molecule is C=CCCCCCCCC1=NCCN1CCNC(=O)CCCCC. The zero-order valence-corrected chi connectivity index (χ0v) is 15.7. The normalized spacial score (nSPS) is 13.9. The third-order valence-electron chi connectivity index (χ3n) is 4.55. The van der Waals surface area contributed by atoms with Gasteiger partial charge in [-0.1, -0.05) is 45.1 Å². The van der Waals surface area contributed by atoms with Crippen molar-refractivity contribution in [3.8, 4) is 0 Å². The predicted octanol–water partition coefficient (Wildman–Crippen LogP) is 4.31. The van der Waals surface area contributed by atoms with E-state index in [0.717, 1.165) is 58.3 Å². The minimum Gasteiger partial charge on any atom is -0.357 e. The van der Waals surface area contributed by atoms with Crippen LogP contribution >= 0.6 is 0 Å². The Kier molecular flexibility index (Phi) is 12.1. The Hall–Kier alpha value is -1.32. The van der Waals surface area contributed by atoms with Crippen LogP contribution in [0, 0.1) is 0 Å². The summed E-state index contributed by atoms with van der Waals surface area (Å²) in [6.45, 7) is 9.49. The number of aliphatic imine (C=N–C) groups is 1. The molecule has 0 bridgehead atoms. The van der Waals surface area contributed by atoms with E-state index in [1.807, 2.05) is 6.08 Å². The summed E-state index contributed by atoms with van der Waals surface area (Å²) in [5, 5.41) is 3.04. The summed E-state index contributed by atoms with van der Waals surface area (Å²) in [4.78, 5) is 18.7. The minimum atomic E-state index is 0.195. The van der Waals surface area contributed by atoms with Gasteiger partial charge in [-0.3, -0.25) is 9.79 Å². The largest absolute Gasteiger partial charge is 0.357 e. The quantitative estimate of drug-likeness (QED) is 0.358. The highest BCUT2D eigenvalue weighted by Gasteiger charge is 2.15. The summed E-state index contributed by atoms with van der Waals surface area (Å²) in [5.41, 5.74) is 0. The van der Waals surface area contributed by atoms with Crippen molar-refractivity contribution >= 4 is 11.7 Å². The third-order valence-corrected chi connectivity index (χ3v) is 4.55. The van der Waals surface area contributed by atoms with E-state index in [4.69, 9.17) is 0 Å². The summed E-state index contributed by atoms with van der Waals surface area (Å²) in [6.07, 6.45) is 14.6. The molecule has 0 radical (unpaired) electrons. The molecule has 0 unspecified atom stereocenters. The molecule has 1 aliphatic heterocycles. The van der Waals surface area contributed by atoms with E-state index in [2.05, 4.69) is 28.7 Å². The number of hydrogen-bond donors (Lipinski definition) is 1. The smallest absolute Gasteiger partial charge is 0.220 e. The molecule has 1 heterocycles. The summed E-state index contributed by atoms with van der Waals surface area (Å²) in [5.74, 6) is 1.45. The number of carbonyl (C=O) groups is 1. The number of rotatable bonds is 15. The second kappa shape index (κ2) is 14.1. The highest BCUT2D eigenvalue weighted by molar-refractivity contribution is 5.83. The molecule has 0 fully saturated rings. The van der Waals surface area contributed by atoms with E-state index in [1.165, 1.54) is 37.9 Å². The Labute approximate surface area is 148 Å². The Morgan fingerprint density at radius 2 is 2.00 bits per heavy atom. The standard InChI is InChI=1S/C20H37N3O/c1-3-5-7-8-9-10-12-13-19-21-15-17-23(19)18-16-22-20(24)14-11-6-4-2/h3H,1,4-18H2,2H3,(H,22,24). The monoisotopic (exact) mass is 335 g/mol. The third kappa shape index (κ3) is 9.74. The maximum absolute atomic E-state index is 11.7. The predicted molar refractivity (Wildman–Crippen MR) is 104 cm³/mol. The summed E-state index contributed by atoms with van der Waals surface area (Å²) in [7, 11) is 0. The fourth-order valence-corrected chi connectivity index (χ4v) is 3.06. The first kappa shape index (κ1) is 20.7. The first-order valence-corrected chi connectivity index (χ1v) is 9.93. The number of allylic oxidation sites excluding steroid dienone is 1. The molecule has 1 rings (SSSR count). The fraction of sp³-hybridized carbons (Fsp3) is 0.800. The van der Waals surface area contributed by atoms with E-state index in [9.17, 15) is 4.79 Å². The van der Waals surface area contributed by atoms with Crippen LogP contribution in [-0.2, 0) is 4.79 Å². The Morgan fingerprint density at radius 1 is 1.21 bits per heavy atom. The van der Waals surface area contributed by atoms with Crippen molar-refractivity contribution in [1.82, 2.24) is 10.2 Å². The van der Waals surface area contributed by atoms with Gasteiger partial charge in [-0.15, -0.1) is 6.58 Å². The van der Waals surface area contributed by atoms with Gasteiger partial charge in [0.1, 0.15) is 0 Å². The van der Waals surface area contributed by atoms with Crippen LogP contribution in [0.2, 0.25) is 0 Å². The number of nitrogens with one attached hydrogen (secondary N) is 1. The Bertz CT molecular complexity index is 379. The van der Waals surface area contributed by atoms with E-state index in [1.54, 1.807) is 0 Å². The van der Waals surface area contributed by atoms with E-state index >= 15 is 0 Å². The van der Waals surface area contributed by atoms with Gasteiger partial charge in [-0.25, -0.2) is 0 Å². The Morgan fingerprint density at radius 3 is 2.79 bits per heavy atom. The van der Waals surface area contributed by atoms with Gasteiger partial charge in [0, 0.05) is 32.5 Å². The lowest BCUT2D eigenvalue weighted by atomic mass is 10.1. The molecule has 4 heteroatoms. The number of hydrogen-bond acceptors (Lipinski definition) is 3. The molecular formula is C20H37N3O. The van der Waals surface area contributed by atoms with Crippen molar-refractivity contribution in [3.05, 3.63) is 12.7 Å². The molecule has 1 amide bonds. The number of carbonyl (C=O) groups excluding carboxylic acids is 1. The van der Waals surface area contributed by atoms with Crippen molar-refractivity contribution in [1.29, 1.82) is 0 Å². The van der Waals surface area contributed by atoms with Gasteiger partial charge < -0.3 is 10.2 Å².